The average molecular weight is 393 g/mol. The fourth-order valence-electron chi connectivity index (χ4n) is 4.55. The zero-order valence-electron chi connectivity index (χ0n) is 16.8. The summed E-state index contributed by atoms with van der Waals surface area (Å²) >= 11 is 0. The molecule has 2 amide bonds. The van der Waals surface area contributed by atoms with Crippen molar-refractivity contribution in [1.82, 2.24) is 19.9 Å². The number of primary amides is 1. The molecule has 2 aliphatic rings. The molecule has 0 bridgehead atoms. The minimum atomic E-state index is -1.14. The van der Waals surface area contributed by atoms with Crippen LogP contribution < -0.4 is 11.5 Å². The van der Waals surface area contributed by atoms with Gasteiger partial charge in [-0.15, -0.1) is 5.10 Å². The van der Waals surface area contributed by atoms with Gasteiger partial charge in [0.05, 0.1) is 24.0 Å². The Morgan fingerprint density at radius 1 is 1.32 bits per heavy atom. The van der Waals surface area contributed by atoms with Crippen LogP contribution in [0.4, 0.5) is 0 Å². The third-order valence-corrected chi connectivity index (χ3v) is 6.07. The van der Waals surface area contributed by atoms with Crippen molar-refractivity contribution in [1.29, 1.82) is 0 Å². The maximum atomic E-state index is 13.0. The predicted molar refractivity (Wildman–Crippen MR) is 103 cm³/mol. The van der Waals surface area contributed by atoms with Crippen LogP contribution in [-0.2, 0) is 15.2 Å². The van der Waals surface area contributed by atoms with Gasteiger partial charge >= 0.3 is 0 Å². The Labute approximate surface area is 165 Å². The highest BCUT2D eigenvalue weighted by atomic mass is 16.3. The van der Waals surface area contributed by atoms with Crippen molar-refractivity contribution < 1.29 is 14.7 Å². The van der Waals surface area contributed by atoms with Crippen molar-refractivity contribution in [2.75, 3.05) is 6.54 Å². The second-order valence-corrected chi connectivity index (χ2v) is 8.77. The van der Waals surface area contributed by atoms with Crippen molar-refractivity contribution in [3.05, 3.63) is 11.9 Å². The van der Waals surface area contributed by atoms with Crippen LogP contribution in [0.5, 0.6) is 0 Å². The summed E-state index contributed by atoms with van der Waals surface area (Å²) in [6, 6.07) is -1.64. The molecule has 3 rings (SSSR count). The highest BCUT2D eigenvalue weighted by Gasteiger charge is 2.42. The molecule has 2 heterocycles. The lowest BCUT2D eigenvalue weighted by Gasteiger charge is -2.29. The molecule has 1 saturated heterocycles. The molecule has 3 atom stereocenters. The van der Waals surface area contributed by atoms with Crippen LogP contribution in [0.25, 0.3) is 0 Å². The highest BCUT2D eigenvalue weighted by Crippen LogP contribution is 2.32. The van der Waals surface area contributed by atoms with E-state index in [9.17, 15) is 14.7 Å². The standard InChI is InChI=1S/C19H32N6O3/c1-19(2,28)16-10-22-23-25(16)13-9-15(17(21)26)24(11-13)18(27)14(20)8-12-6-4-3-5-7-12/h10,12-15,28H,3-9,11,20H2,1-2H3,(H2,21,26)/t13?,14-,15?/m1/s1. The van der Waals surface area contributed by atoms with Gasteiger partial charge in [0.25, 0.3) is 0 Å². The van der Waals surface area contributed by atoms with Gasteiger partial charge in [0, 0.05) is 13.0 Å². The number of hydrogen-bond donors (Lipinski definition) is 3. The van der Waals surface area contributed by atoms with Crippen LogP contribution in [0.3, 0.4) is 0 Å². The average Bonchev–Trinajstić information content (AvgIpc) is 3.28. The highest BCUT2D eigenvalue weighted by molar-refractivity contribution is 5.89. The summed E-state index contributed by atoms with van der Waals surface area (Å²) in [6.07, 6.45) is 8.32. The molecule has 1 aliphatic heterocycles. The molecule has 28 heavy (non-hydrogen) atoms. The van der Waals surface area contributed by atoms with Crippen molar-refractivity contribution in [2.24, 2.45) is 17.4 Å². The molecule has 1 saturated carbocycles. The van der Waals surface area contributed by atoms with E-state index in [1.54, 1.807) is 18.5 Å². The van der Waals surface area contributed by atoms with Gasteiger partial charge in [-0.1, -0.05) is 37.3 Å². The molecule has 156 valence electrons. The molecule has 0 spiro atoms. The predicted octanol–water partition coefficient (Wildman–Crippen LogP) is 0.431. The quantitative estimate of drug-likeness (QED) is 0.641. The van der Waals surface area contributed by atoms with Gasteiger partial charge in [-0.3, -0.25) is 9.59 Å². The van der Waals surface area contributed by atoms with E-state index >= 15 is 0 Å². The number of hydrogen-bond acceptors (Lipinski definition) is 6. The largest absolute Gasteiger partial charge is 0.384 e. The topological polar surface area (TPSA) is 140 Å². The first-order valence-electron chi connectivity index (χ1n) is 10.2. The van der Waals surface area contributed by atoms with Gasteiger partial charge in [-0.25, -0.2) is 4.68 Å². The summed E-state index contributed by atoms with van der Waals surface area (Å²) in [4.78, 5) is 26.5. The molecule has 2 unspecified atom stereocenters. The number of carbonyl (C=O) groups is 2. The number of carbonyl (C=O) groups excluding carboxylic acids is 2. The van der Waals surface area contributed by atoms with Gasteiger partial charge in [-0.2, -0.15) is 0 Å². The second kappa shape index (κ2) is 8.16. The molecule has 0 aromatic carbocycles. The summed E-state index contributed by atoms with van der Waals surface area (Å²) in [5, 5.41) is 18.3. The number of rotatable bonds is 6. The summed E-state index contributed by atoms with van der Waals surface area (Å²) in [5.74, 6) is -0.317. The maximum absolute atomic E-state index is 13.0. The van der Waals surface area contributed by atoms with E-state index in [4.69, 9.17) is 11.5 Å². The molecular weight excluding hydrogens is 360 g/mol. The minimum Gasteiger partial charge on any atom is -0.384 e. The van der Waals surface area contributed by atoms with Crippen LogP contribution in [0, 0.1) is 5.92 Å². The number of aliphatic hydroxyl groups is 1. The van der Waals surface area contributed by atoms with Gasteiger partial charge in [0.2, 0.25) is 11.8 Å². The second-order valence-electron chi connectivity index (χ2n) is 8.77. The van der Waals surface area contributed by atoms with Gasteiger partial charge in [-0.05, 0) is 26.2 Å². The van der Waals surface area contributed by atoms with Crippen LogP contribution in [0.15, 0.2) is 6.20 Å². The fourth-order valence-corrected chi connectivity index (χ4v) is 4.55. The zero-order chi connectivity index (χ0) is 20.5. The maximum Gasteiger partial charge on any atom is 0.240 e. The first-order valence-corrected chi connectivity index (χ1v) is 10.2. The van der Waals surface area contributed by atoms with E-state index in [-0.39, 0.29) is 18.5 Å². The van der Waals surface area contributed by atoms with Crippen molar-refractivity contribution in [2.45, 2.75) is 82.5 Å². The van der Waals surface area contributed by atoms with Crippen molar-refractivity contribution in [3.63, 3.8) is 0 Å². The molecule has 5 N–H and O–H groups in total. The number of amides is 2. The first-order chi connectivity index (χ1) is 13.2. The lowest BCUT2D eigenvalue weighted by Crippen LogP contribution is -2.50. The third-order valence-electron chi connectivity index (χ3n) is 6.07. The zero-order valence-corrected chi connectivity index (χ0v) is 16.8. The Balaban J connectivity index is 1.74. The van der Waals surface area contributed by atoms with Gasteiger partial charge in [0.1, 0.15) is 11.6 Å². The number of nitrogens with two attached hydrogens (primary N) is 2. The molecular formula is C19H32N6O3. The van der Waals surface area contributed by atoms with Crippen LogP contribution >= 0.6 is 0 Å². The molecule has 1 aromatic heterocycles. The van der Waals surface area contributed by atoms with E-state index in [1.165, 1.54) is 30.4 Å². The Morgan fingerprint density at radius 3 is 2.61 bits per heavy atom. The number of likely N-dealkylation sites (tertiary alicyclic amines) is 1. The lowest BCUT2D eigenvalue weighted by molar-refractivity contribution is -0.138. The first kappa shape index (κ1) is 20.7. The Kier molecular flexibility index (Phi) is 6.04. The molecule has 1 aliphatic carbocycles. The summed E-state index contributed by atoms with van der Waals surface area (Å²) in [5.41, 5.74) is 11.2. The molecule has 0 radical (unpaired) electrons. The van der Waals surface area contributed by atoms with Crippen molar-refractivity contribution in [3.8, 4) is 0 Å². The van der Waals surface area contributed by atoms with E-state index in [0.29, 0.717) is 24.5 Å². The number of nitrogens with zero attached hydrogens (tertiary/aromatic N) is 4. The van der Waals surface area contributed by atoms with E-state index in [1.807, 2.05) is 0 Å². The molecule has 9 nitrogen and oxygen atoms in total. The molecule has 2 fully saturated rings. The van der Waals surface area contributed by atoms with E-state index < -0.39 is 23.6 Å². The normalized spacial score (nSPS) is 25.1. The monoisotopic (exact) mass is 392 g/mol. The summed E-state index contributed by atoms with van der Waals surface area (Å²) in [7, 11) is 0. The van der Waals surface area contributed by atoms with Gasteiger partial charge < -0.3 is 21.5 Å². The van der Waals surface area contributed by atoms with E-state index in [2.05, 4.69) is 10.3 Å². The van der Waals surface area contributed by atoms with E-state index in [0.717, 1.165) is 12.8 Å². The Hall–Kier alpha value is -2.00. The van der Waals surface area contributed by atoms with Crippen molar-refractivity contribution >= 4 is 11.8 Å². The van der Waals surface area contributed by atoms with Crippen LogP contribution in [0.1, 0.15) is 70.5 Å². The lowest BCUT2D eigenvalue weighted by atomic mass is 9.84. The number of aromatic nitrogens is 3. The fraction of sp³-hybridized carbons (Fsp3) is 0.789. The molecule has 9 heteroatoms. The SMILES string of the molecule is CC(C)(O)c1cnnn1C1CC(C(N)=O)N(C(=O)[C@H](N)CC2CCCCC2)C1. The third kappa shape index (κ3) is 4.35. The van der Waals surface area contributed by atoms with Crippen LogP contribution in [0.2, 0.25) is 0 Å². The summed E-state index contributed by atoms with van der Waals surface area (Å²) in [6.45, 7) is 3.56. The van der Waals surface area contributed by atoms with Crippen LogP contribution in [-0.4, -0.2) is 55.4 Å². The Bertz CT molecular complexity index is 707. The van der Waals surface area contributed by atoms with Gasteiger partial charge in [0.15, 0.2) is 0 Å². The minimum absolute atomic E-state index is 0.234. The summed E-state index contributed by atoms with van der Waals surface area (Å²) < 4.78 is 1.59. The smallest absolute Gasteiger partial charge is 0.240 e. The molecule has 1 aromatic rings. The Morgan fingerprint density at radius 2 is 2.00 bits per heavy atom.